The van der Waals surface area contributed by atoms with Gasteiger partial charge >= 0.3 is 6.18 Å². The normalized spacial score (nSPS) is 13.3. The minimum absolute atomic E-state index is 0.0122. The molecule has 0 saturated carbocycles. The van der Waals surface area contributed by atoms with E-state index in [0.29, 0.717) is 11.5 Å². The summed E-state index contributed by atoms with van der Waals surface area (Å²) in [5.74, 6) is 0.310. The molecule has 1 aromatic carbocycles. The topological polar surface area (TPSA) is 38.8 Å². The van der Waals surface area contributed by atoms with E-state index in [9.17, 15) is 18.0 Å². The molecule has 0 saturated heterocycles. The monoisotopic (exact) mass is 347 g/mol. The van der Waals surface area contributed by atoms with E-state index in [0.717, 1.165) is 4.90 Å². The summed E-state index contributed by atoms with van der Waals surface area (Å²) < 4.78 is 48.8. The highest BCUT2D eigenvalue weighted by Crippen LogP contribution is 2.23. The van der Waals surface area contributed by atoms with Gasteiger partial charge in [-0.05, 0) is 36.6 Å². The van der Waals surface area contributed by atoms with Crippen molar-refractivity contribution >= 4 is 5.91 Å². The molecule has 4 nitrogen and oxygen atoms in total. The van der Waals surface area contributed by atoms with Crippen LogP contribution in [0.1, 0.15) is 27.7 Å². The number of hydrogen-bond acceptors (Lipinski definition) is 3. The Balaban J connectivity index is 2.82. The molecule has 24 heavy (non-hydrogen) atoms. The van der Waals surface area contributed by atoms with Crippen LogP contribution in [-0.2, 0) is 4.79 Å². The lowest BCUT2D eigenvalue weighted by molar-refractivity contribution is -0.167. The Hall–Kier alpha value is -1.92. The lowest BCUT2D eigenvalue weighted by Crippen LogP contribution is -2.48. The fourth-order valence-corrected chi connectivity index (χ4v) is 2.17. The number of carbonyl (C=O) groups excluding carboxylic acids is 1. The molecule has 0 aliphatic heterocycles. The number of nitrogens with zero attached hydrogens (tertiary/aromatic N) is 1. The van der Waals surface area contributed by atoms with Crippen LogP contribution in [0.4, 0.5) is 13.2 Å². The summed E-state index contributed by atoms with van der Waals surface area (Å²) in [6, 6.07) is 6.49. The van der Waals surface area contributed by atoms with Gasteiger partial charge in [0, 0.05) is 6.54 Å². The maximum absolute atomic E-state index is 12.8. The van der Waals surface area contributed by atoms with E-state index >= 15 is 0 Å². The van der Waals surface area contributed by atoms with Gasteiger partial charge in [0.25, 0.3) is 5.91 Å². The molecular weight excluding hydrogens is 323 g/mol. The Labute approximate surface area is 140 Å². The van der Waals surface area contributed by atoms with Gasteiger partial charge in [0.2, 0.25) is 0 Å². The van der Waals surface area contributed by atoms with Gasteiger partial charge in [0.1, 0.15) is 18.0 Å². The molecular formula is C17H24F3NO3. The van der Waals surface area contributed by atoms with Crippen LogP contribution in [0, 0.1) is 5.41 Å². The van der Waals surface area contributed by atoms with Gasteiger partial charge in [-0.15, -0.1) is 0 Å². The van der Waals surface area contributed by atoms with Crippen LogP contribution >= 0.6 is 0 Å². The van der Waals surface area contributed by atoms with Gasteiger partial charge in [0.15, 0.2) is 6.10 Å². The molecule has 0 spiro atoms. The van der Waals surface area contributed by atoms with E-state index in [2.05, 4.69) is 0 Å². The number of carbonyl (C=O) groups is 1. The molecule has 0 bridgehead atoms. The minimum Gasteiger partial charge on any atom is -0.497 e. The van der Waals surface area contributed by atoms with Gasteiger partial charge in [-0.1, -0.05) is 20.8 Å². The Kier molecular flexibility index (Phi) is 6.51. The summed E-state index contributed by atoms with van der Waals surface area (Å²) in [5, 5.41) is 0. The van der Waals surface area contributed by atoms with Gasteiger partial charge in [0.05, 0.1) is 7.11 Å². The van der Waals surface area contributed by atoms with Crippen molar-refractivity contribution in [1.82, 2.24) is 4.90 Å². The van der Waals surface area contributed by atoms with Crippen molar-refractivity contribution < 1.29 is 27.4 Å². The zero-order valence-electron chi connectivity index (χ0n) is 14.6. The average Bonchev–Trinajstić information content (AvgIpc) is 2.43. The molecule has 0 aromatic heterocycles. The van der Waals surface area contributed by atoms with Gasteiger partial charge in [-0.25, -0.2) is 0 Å². The third-order valence-electron chi connectivity index (χ3n) is 3.07. The van der Waals surface area contributed by atoms with E-state index in [1.807, 2.05) is 0 Å². The van der Waals surface area contributed by atoms with Crippen molar-refractivity contribution in [3.05, 3.63) is 24.3 Å². The molecule has 1 rings (SSSR count). The quantitative estimate of drug-likeness (QED) is 0.783. The fraction of sp³-hybridized carbons (Fsp3) is 0.588. The number of amides is 1. The summed E-state index contributed by atoms with van der Waals surface area (Å²) in [5.41, 5.74) is -0.458. The zero-order valence-corrected chi connectivity index (χ0v) is 14.6. The lowest BCUT2D eigenvalue weighted by atomic mass is 9.96. The minimum atomic E-state index is -4.46. The van der Waals surface area contributed by atoms with Crippen molar-refractivity contribution in [2.45, 2.75) is 40.0 Å². The number of alkyl halides is 3. The first-order valence-corrected chi connectivity index (χ1v) is 7.57. The van der Waals surface area contributed by atoms with Crippen LogP contribution in [0.25, 0.3) is 0 Å². The molecule has 1 amide bonds. The number of rotatable bonds is 6. The molecule has 0 N–H and O–H groups in total. The molecule has 7 heteroatoms. The maximum Gasteiger partial charge on any atom is 0.406 e. The Morgan fingerprint density at radius 1 is 1.08 bits per heavy atom. The first-order valence-electron chi connectivity index (χ1n) is 7.57. The van der Waals surface area contributed by atoms with E-state index in [1.54, 1.807) is 45.0 Å². The SMILES string of the molecule is COc1ccc(OC(C)C(=O)N(CC(C)(C)C)CC(F)(F)F)cc1. The second-order valence-corrected chi connectivity index (χ2v) is 6.81. The van der Waals surface area contributed by atoms with Crippen molar-refractivity contribution in [2.24, 2.45) is 5.41 Å². The van der Waals surface area contributed by atoms with E-state index in [-0.39, 0.29) is 6.54 Å². The third-order valence-corrected chi connectivity index (χ3v) is 3.07. The Bertz CT molecular complexity index is 519. The standard InChI is InChI=1S/C17H24F3NO3/c1-12(24-14-8-6-13(23-5)7-9-14)15(22)21(10-16(2,3)4)11-17(18,19)20/h6-9,12H,10-11H2,1-5H3. The van der Waals surface area contributed by atoms with Crippen LogP contribution in [0.15, 0.2) is 24.3 Å². The smallest absolute Gasteiger partial charge is 0.406 e. The summed E-state index contributed by atoms with van der Waals surface area (Å²) in [6.07, 6.45) is -5.48. The van der Waals surface area contributed by atoms with Gasteiger partial charge < -0.3 is 14.4 Å². The number of benzene rings is 1. The van der Waals surface area contributed by atoms with E-state index in [4.69, 9.17) is 9.47 Å². The third kappa shape index (κ3) is 7.10. The van der Waals surface area contributed by atoms with Crippen molar-refractivity contribution in [1.29, 1.82) is 0 Å². The molecule has 1 atom stereocenters. The van der Waals surface area contributed by atoms with Gasteiger partial charge in [-0.2, -0.15) is 13.2 Å². The highest BCUT2D eigenvalue weighted by Gasteiger charge is 2.36. The Morgan fingerprint density at radius 2 is 1.58 bits per heavy atom. The predicted molar refractivity (Wildman–Crippen MR) is 85.2 cm³/mol. The molecule has 136 valence electrons. The number of hydrogen-bond donors (Lipinski definition) is 0. The highest BCUT2D eigenvalue weighted by molar-refractivity contribution is 5.81. The maximum atomic E-state index is 12.8. The molecule has 1 aromatic rings. The van der Waals surface area contributed by atoms with Crippen LogP contribution in [0.3, 0.4) is 0 Å². The fourth-order valence-electron chi connectivity index (χ4n) is 2.17. The molecule has 0 fully saturated rings. The largest absolute Gasteiger partial charge is 0.497 e. The average molecular weight is 347 g/mol. The first-order chi connectivity index (χ1) is 10.9. The second-order valence-electron chi connectivity index (χ2n) is 6.81. The predicted octanol–water partition coefficient (Wildman–Crippen LogP) is 3.90. The molecule has 0 heterocycles. The van der Waals surface area contributed by atoms with Gasteiger partial charge in [-0.3, -0.25) is 4.79 Å². The van der Waals surface area contributed by atoms with Crippen molar-refractivity contribution in [3.8, 4) is 11.5 Å². The summed E-state index contributed by atoms with van der Waals surface area (Å²) >= 11 is 0. The summed E-state index contributed by atoms with van der Waals surface area (Å²) in [7, 11) is 1.52. The summed E-state index contributed by atoms with van der Waals surface area (Å²) in [6.45, 7) is 5.47. The molecule has 1 unspecified atom stereocenters. The molecule has 0 aliphatic carbocycles. The number of ether oxygens (including phenoxy) is 2. The van der Waals surface area contributed by atoms with Crippen LogP contribution in [0.5, 0.6) is 11.5 Å². The molecule has 0 aliphatic rings. The molecule has 0 radical (unpaired) electrons. The first kappa shape index (κ1) is 20.1. The summed E-state index contributed by atoms with van der Waals surface area (Å²) in [4.78, 5) is 13.2. The van der Waals surface area contributed by atoms with Crippen LogP contribution in [0.2, 0.25) is 0 Å². The van der Waals surface area contributed by atoms with Crippen LogP contribution in [-0.4, -0.2) is 43.3 Å². The lowest BCUT2D eigenvalue weighted by Gasteiger charge is -2.32. The highest BCUT2D eigenvalue weighted by atomic mass is 19.4. The second kappa shape index (κ2) is 7.77. The van der Waals surface area contributed by atoms with Crippen molar-refractivity contribution in [2.75, 3.05) is 20.2 Å². The van der Waals surface area contributed by atoms with Crippen molar-refractivity contribution in [3.63, 3.8) is 0 Å². The van der Waals surface area contributed by atoms with E-state index in [1.165, 1.54) is 14.0 Å². The van der Waals surface area contributed by atoms with E-state index < -0.39 is 30.1 Å². The zero-order chi connectivity index (χ0) is 18.5. The van der Waals surface area contributed by atoms with Crippen LogP contribution < -0.4 is 9.47 Å². The number of methoxy groups -OCH3 is 1. The number of halogens is 3. The Morgan fingerprint density at radius 3 is 2.00 bits per heavy atom.